The Morgan fingerprint density at radius 1 is 0.867 bits per heavy atom. The van der Waals surface area contributed by atoms with Crippen LogP contribution < -0.4 is 14.9 Å². The van der Waals surface area contributed by atoms with Gasteiger partial charge in [-0.1, -0.05) is 30.3 Å². The molecular weight excluding hydrogens is 410 g/mol. The van der Waals surface area contributed by atoms with Crippen molar-refractivity contribution in [3.8, 4) is 11.5 Å². The van der Waals surface area contributed by atoms with Crippen LogP contribution in [0.15, 0.2) is 71.6 Å². The molecule has 30 heavy (non-hydrogen) atoms. The van der Waals surface area contributed by atoms with Crippen LogP contribution in [0.4, 0.5) is 5.69 Å². The van der Waals surface area contributed by atoms with Crippen LogP contribution in [0, 0.1) is 6.92 Å². The van der Waals surface area contributed by atoms with E-state index >= 15 is 0 Å². The lowest BCUT2D eigenvalue weighted by Crippen LogP contribution is -2.25. The minimum absolute atomic E-state index is 0.187. The number of hydrogen-bond donors (Lipinski definition) is 0. The molecule has 0 saturated carbocycles. The first-order valence-corrected chi connectivity index (χ1v) is 9.99. The molecule has 3 rings (SSSR count). The number of carboxylic acids is 2. The number of benzene rings is 3. The third-order valence-electron chi connectivity index (χ3n) is 4.06. The fourth-order valence-corrected chi connectivity index (χ4v) is 3.54. The van der Waals surface area contributed by atoms with Gasteiger partial charge in [-0.25, -0.2) is 8.42 Å². The summed E-state index contributed by atoms with van der Waals surface area (Å²) in [4.78, 5) is 21.9. The molecule has 9 heteroatoms. The lowest BCUT2D eigenvalue weighted by molar-refractivity contribution is -0.255. The molecule has 0 atom stereocenters. The number of para-hydroxylation sites is 1. The number of carbonyl (C=O) groups excluding carboxylic acids is 2. The van der Waals surface area contributed by atoms with Gasteiger partial charge in [0.1, 0.15) is 21.5 Å². The Morgan fingerprint density at radius 2 is 1.43 bits per heavy atom. The van der Waals surface area contributed by atoms with Crippen molar-refractivity contribution in [2.45, 2.75) is 11.8 Å². The minimum atomic E-state index is -4.25. The summed E-state index contributed by atoms with van der Waals surface area (Å²) in [7, 11) is -4.25. The van der Waals surface area contributed by atoms with Gasteiger partial charge in [0.2, 0.25) is 0 Å². The molecule has 0 heterocycles. The van der Waals surface area contributed by atoms with Crippen LogP contribution in [0.5, 0.6) is 11.5 Å². The lowest BCUT2D eigenvalue weighted by Gasteiger charge is -2.24. The normalized spacial score (nSPS) is 11.0. The van der Waals surface area contributed by atoms with E-state index in [2.05, 4.69) is 4.72 Å². The zero-order valence-electron chi connectivity index (χ0n) is 15.6. The molecule has 154 valence electrons. The van der Waals surface area contributed by atoms with Crippen LogP contribution in [-0.4, -0.2) is 20.4 Å². The summed E-state index contributed by atoms with van der Waals surface area (Å²) in [6, 6.07) is 15.3. The molecule has 3 aromatic rings. The van der Waals surface area contributed by atoms with Gasteiger partial charge in [0.05, 0.1) is 16.8 Å². The minimum Gasteiger partial charge on any atom is -0.573 e. The van der Waals surface area contributed by atoms with Crippen molar-refractivity contribution in [3.63, 3.8) is 0 Å². The number of aryl methyl sites for hydroxylation is 1. The fraction of sp³-hybridized carbons (Fsp3) is 0.0476. The average Bonchev–Trinajstić information content (AvgIpc) is 2.69. The molecule has 0 amide bonds. The number of nitrogens with zero attached hydrogens (tertiary/aromatic N) is 1. The predicted molar refractivity (Wildman–Crippen MR) is 103 cm³/mol. The first-order chi connectivity index (χ1) is 14.2. The molecule has 0 N–H and O–H groups in total. The van der Waals surface area contributed by atoms with Crippen LogP contribution in [0.25, 0.3) is 4.72 Å². The predicted octanol–water partition coefficient (Wildman–Crippen LogP) is 1.91. The van der Waals surface area contributed by atoms with Crippen molar-refractivity contribution in [1.82, 2.24) is 0 Å². The quantitative estimate of drug-likeness (QED) is 0.565. The van der Waals surface area contributed by atoms with Gasteiger partial charge in [-0.2, -0.15) is 0 Å². The van der Waals surface area contributed by atoms with E-state index in [1.807, 2.05) is 25.1 Å². The Hall–Kier alpha value is -3.85. The second kappa shape index (κ2) is 8.26. The third-order valence-corrected chi connectivity index (χ3v) is 5.38. The number of hydrogen-bond acceptors (Lipinski definition) is 7. The van der Waals surface area contributed by atoms with E-state index in [4.69, 9.17) is 4.74 Å². The third kappa shape index (κ3) is 4.76. The zero-order valence-corrected chi connectivity index (χ0v) is 16.4. The van der Waals surface area contributed by atoms with E-state index in [0.717, 1.165) is 23.8 Å². The maximum atomic E-state index is 12.6. The monoisotopic (exact) mass is 424 g/mol. The van der Waals surface area contributed by atoms with E-state index in [-0.39, 0.29) is 10.6 Å². The smallest absolute Gasteiger partial charge is 0.130 e. The second-order valence-corrected chi connectivity index (χ2v) is 7.85. The van der Waals surface area contributed by atoms with Crippen LogP contribution in [-0.2, 0) is 10.0 Å². The first-order valence-electron chi connectivity index (χ1n) is 8.55. The summed E-state index contributed by atoms with van der Waals surface area (Å²) in [5.74, 6) is -2.33. The SMILES string of the molecule is Cc1ccccc1Oc1ccc(S(=O)(=O)[N-]c2cc(C(=O)[O-])cc(C(=O)[O-])c2)cc1. The van der Waals surface area contributed by atoms with E-state index in [0.29, 0.717) is 11.5 Å². The number of sulfonamides is 1. The van der Waals surface area contributed by atoms with Crippen LogP contribution >= 0.6 is 0 Å². The first kappa shape index (κ1) is 20.9. The van der Waals surface area contributed by atoms with Crippen LogP contribution in [0.2, 0.25) is 0 Å². The molecule has 0 unspecified atom stereocenters. The average molecular weight is 424 g/mol. The van der Waals surface area contributed by atoms with Gasteiger partial charge in [-0.3, -0.25) is 0 Å². The Labute approximate surface area is 172 Å². The molecule has 0 bridgehead atoms. The van der Waals surface area contributed by atoms with E-state index in [9.17, 15) is 28.2 Å². The van der Waals surface area contributed by atoms with E-state index < -0.39 is 33.1 Å². The molecule has 0 aliphatic rings. The van der Waals surface area contributed by atoms with Crippen LogP contribution in [0.3, 0.4) is 0 Å². The molecule has 0 aromatic heterocycles. The molecule has 3 aromatic carbocycles. The Kier molecular flexibility index (Phi) is 5.74. The second-order valence-electron chi connectivity index (χ2n) is 6.25. The van der Waals surface area contributed by atoms with Gasteiger partial charge >= 0.3 is 0 Å². The Morgan fingerprint density at radius 3 is 1.97 bits per heavy atom. The van der Waals surface area contributed by atoms with Crippen LogP contribution in [0.1, 0.15) is 26.3 Å². The topological polar surface area (TPSA) is 138 Å². The number of carbonyl (C=O) groups is 2. The largest absolute Gasteiger partial charge is 0.573 e. The van der Waals surface area contributed by atoms with Gasteiger partial charge in [-0.15, -0.1) is 5.69 Å². The van der Waals surface area contributed by atoms with Gasteiger partial charge in [0, 0.05) is 0 Å². The highest BCUT2D eigenvalue weighted by Crippen LogP contribution is 2.31. The molecule has 0 fully saturated rings. The van der Waals surface area contributed by atoms with E-state index in [1.165, 1.54) is 24.3 Å². The molecule has 0 saturated heterocycles. The van der Waals surface area contributed by atoms with Crippen molar-refractivity contribution in [2.24, 2.45) is 0 Å². The van der Waals surface area contributed by atoms with Gasteiger partial charge < -0.3 is 29.3 Å². The van der Waals surface area contributed by atoms with Crippen molar-refractivity contribution in [3.05, 3.63) is 88.1 Å². The number of rotatable bonds is 7. The van der Waals surface area contributed by atoms with Crippen molar-refractivity contribution in [2.75, 3.05) is 0 Å². The van der Waals surface area contributed by atoms with Gasteiger partial charge in [0.25, 0.3) is 0 Å². The number of ether oxygens (including phenoxy) is 1. The summed E-state index contributed by atoms with van der Waals surface area (Å²) in [6.45, 7) is 1.87. The highest BCUT2D eigenvalue weighted by Gasteiger charge is 2.08. The molecular formula is C21H14NO7S-3. The molecule has 0 spiro atoms. The summed E-state index contributed by atoms with van der Waals surface area (Å²) in [6.07, 6.45) is 0. The maximum Gasteiger partial charge on any atom is 0.130 e. The summed E-state index contributed by atoms with van der Waals surface area (Å²) in [5, 5.41) is 22.1. The highest BCUT2D eigenvalue weighted by molar-refractivity contribution is 7.94. The van der Waals surface area contributed by atoms with Crippen molar-refractivity contribution in [1.29, 1.82) is 0 Å². The Balaban J connectivity index is 1.85. The van der Waals surface area contributed by atoms with Crippen molar-refractivity contribution >= 4 is 27.6 Å². The highest BCUT2D eigenvalue weighted by atomic mass is 32.2. The van der Waals surface area contributed by atoms with Gasteiger partial charge in [0.15, 0.2) is 0 Å². The van der Waals surface area contributed by atoms with Gasteiger partial charge in [-0.05, 0) is 60.0 Å². The number of carboxylic acid groups (broad SMARTS) is 2. The maximum absolute atomic E-state index is 12.6. The summed E-state index contributed by atoms with van der Waals surface area (Å²) < 4.78 is 34.3. The summed E-state index contributed by atoms with van der Waals surface area (Å²) in [5.41, 5.74) is -0.544. The van der Waals surface area contributed by atoms with E-state index in [1.54, 1.807) is 6.07 Å². The standard InChI is InChI=1S/C21H16NO7S/c1-13-4-2-3-5-19(13)29-17-6-8-18(9-7-17)30(27,28)22-16-11-14(20(23)24)10-15(12-16)21(25)26/h2-12H,1H3,(H,23,24)(H,25,26)/q-1/p-2. The zero-order chi connectivity index (χ0) is 21.9. The van der Waals surface area contributed by atoms with Crippen molar-refractivity contribution < 1.29 is 33.0 Å². The fourth-order valence-electron chi connectivity index (χ4n) is 2.57. The molecule has 0 aliphatic carbocycles. The molecule has 0 radical (unpaired) electrons. The molecule has 8 nitrogen and oxygen atoms in total. The molecule has 0 aliphatic heterocycles. The lowest BCUT2D eigenvalue weighted by atomic mass is 10.1. The summed E-state index contributed by atoms with van der Waals surface area (Å²) >= 11 is 0. The Bertz CT molecular complexity index is 1190. The number of aromatic carboxylic acids is 2.